The Balaban J connectivity index is 1.56. The lowest BCUT2D eigenvalue weighted by atomic mass is 10.0. The first-order valence-corrected chi connectivity index (χ1v) is 10.6. The van der Waals surface area contributed by atoms with E-state index in [9.17, 15) is 19.5 Å². The van der Waals surface area contributed by atoms with Gasteiger partial charge < -0.3 is 26.0 Å². The molecule has 4 aromatic rings. The van der Waals surface area contributed by atoms with E-state index in [0.29, 0.717) is 29.7 Å². The molecular formula is C25H23N5O4. The summed E-state index contributed by atoms with van der Waals surface area (Å²) in [6.07, 6.45) is 3.36. The minimum Gasteiger partial charge on any atom is -0.477 e. The Kier molecular flexibility index (Phi) is 6.26. The lowest BCUT2D eigenvalue weighted by Crippen LogP contribution is -2.28. The molecule has 0 saturated heterocycles. The molecule has 0 unspecified atom stereocenters. The standard InChI is InChI=1S/C25H23N5O4/c1-2-30-20-12-17(7-10-19(20)22(31)21(23(30)26)24(32)33)16-5-8-18(9-6-16)29-25(34)28-14-15-4-3-11-27-13-15/h3-13H,2,14,26H2,1H3,(H,32,33)(H2,28,29,34). The van der Waals surface area contributed by atoms with Crippen LogP contribution in [0.5, 0.6) is 0 Å². The third-order valence-electron chi connectivity index (χ3n) is 5.49. The molecule has 0 aliphatic heterocycles. The third-order valence-corrected chi connectivity index (χ3v) is 5.49. The third kappa shape index (κ3) is 4.44. The van der Waals surface area contributed by atoms with E-state index >= 15 is 0 Å². The zero-order chi connectivity index (χ0) is 24.2. The van der Waals surface area contributed by atoms with Crippen molar-refractivity contribution in [3.8, 4) is 11.1 Å². The highest BCUT2D eigenvalue weighted by Crippen LogP contribution is 2.27. The van der Waals surface area contributed by atoms with Crippen molar-refractivity contribution in [1.82, 2.24) is 14.9 Å². The number of nitrogens with zero attached hydrogens (tertiary/aromatic N) is 2. The van der Waals surface area contributed by atoms with Crippen LogP contribution in [0, 0.1) is 0 Å². The fourth-order valence-electron chi connectivity index (χ4n) is 3.80. The molecule has 0 saturated carbocycles. The van der Waals surface area contributed by atoms with Gasteiger partial charge in [-0.2, -0.15) is 0 Å². The van der Waals surface area contributed by atoms with E-state index in [4.69, 9.17) is 5.73 Å². The summed E-state index contributed by atoms with van der Waals surface area (Å²) in [6.45, 7) is 2.60. The number of nitrogens with two attached hydrogens (primary N) is 1. The van der Waals surface area contributed by atoms with Crippen molar-refractivity contribution in [1.29, 1.82) is 0 Å². The van der Waals surface area contributed by atoms with Crippen molar-refractivity contribution in [3.63, 3.8) is 0 Å². The minimum absolute atomic E-state index is 0.0681. The largest absolute Gasteiger partial charge is 0.477 e. The molecule has 0 atom stereocenters. The summed E-state index contributed by atoms with van der Waals surface area (Å²) in [6, 6.07) is 15.8. The van der Waals surface area contributed by atoms with Crippen molar-refractivity contribution >= 4 is 34.4 Å². The van der Waals surface area contributed by atoms with Crippen molar-refractivity contribution < 1.29 is 14.7 Å². The van der Waals surface area contributed by atoms with Gasteiger partial charge in [0.25, 0.3) is 0 Å². The molecule has 9 heteroatoms. The minimum atomic E-state index is -1.34. The predicted octanol–water partition coefficient (Wildman–Crippen LogP) is 3.69. The maximum Gasteiger partial charge on any atom is 0.343 e. The molecule has 5 N–H and O–H groups in total. The second-order valence-electron chi connectivity index (χ2n) is 7.62. The van der Waals surface area contributed by atoms with E-state index < -0.39 is 17.0 Å². The number of benzene rings is 2. The van der Waals surface area contributed by atoms with E-state index in [2.05, 4.69) is 15.6 Å². The average Bonchev–Trinajstić information content (AvgIpc) is 2.84. The summed E-state index contributed by atoms with van der Waals surface area (Å²) in [5.41, 5.74) is 8.75. The number of carboxylic acid groups (broad SMARTS) is 1. The second-order valence-corrected chi connectivity index (χ2v) is 7.62. The van der Waals surface area contributed by atoms with E-state index in [1.807, 2.05) is 31.2 Å². The molecule has 0 spiro atoms. The van der Waals surface area contributed by atoms with Crippen LogP contribution in [0.1, 0.15) is 22.8 Å². The molecule has 2 heterocycles. The highest BCUT2D eigenvalue weighted by Gasteiger charge is 2.20. The number of carbonyl (C=O) groups is 2. The van der Waals surface area contributed by atoms with Crippen LogP contribution in [0.15, 0.2) is 71.8 Å². The lowest BCUT2D eigenvalue weighted by Gasteiger charge is -2.15. The summed E-state index contributed by atoms with van der Waals surface area (Å²) in [4.78, 5) is 40.4. The average molecular weight is 457 g/mol. The first-order valence-electron chi connectivity index (χ1n) is 10.6. The fourth-order valence-corrected chi connectivity index (χ4v) is 3.80. The molecule has 0 bridgehead atoms. The molecule has 0 aliphatic rings. The quantitative estimate of drug-likeness (QED) is 0.348. The monoisotopic (exact) mass is 457 g/mol. The van der Waals surface area contributed by atoms with Gasteiger partial charge in [-0.1, -0.05) is 24.3 Å². The molecule has 0 aliphatic carbocycles. The number of hydrogen-bond donors (Lipinski definition) is 4. The number of rotatable bonds is 6. The Bertz CT molecular complexity index is 1430. The van der Waals surface area contributed by atoms with E-state index in [1.165, 1.54) is 0 Å². The van der Waals surface area contributed by atoms with E-state index in [0.717, 1.165) is 16.7 Å². The Hall–Kier alpha value is -4.66. The first-order chi connectivity index (χ1) is 16.4. The van der Waals surface area contributed by atoms with E-state index in [1.54, 1.807) is 47.3 Å². The maximum atomic E-state index is 12.7. The number of fused-ring (bicyclic) bond motifs is 1. The SMILES string of the molecule is CCn1c(N)c(C(=O)O)c(=O)c2ccc(-c3ccc(NC(=O)NCc4cccnc4)cc3)cc21. The topological polar surface area (TPSA) is 139 Å². The van der Waals surface area contributed by atoms with Gasteiger partial charge in [0.2, 0.25) is 5.43 Å². The van der Waals surface area contributed by atoms with E-state index in [-0.39, 0.29) is 11.8 Å². The number of hydrogen-bond acceptors (Lipinski definition) is 5. The van der Waals surface area contributed by atoms with Gasteiger partial charge in [0.05, 0.1) is 5.52 Å². The summed E-state index contributed by atoms with van der Waals surface area (Å²) in [5, 5.41) is 15.3. The van der Waals surface area contributed by atoms with Crippen LogP contribution in [-0.4, -0.2) is 26.7 Å². The molecule has 2 aromatic carbocycles. The number of nitrogens with one attached hydrogen (secondary N) is 2. The molecule has 172 valence electrons. The van der Waals surface area contributed by atoms with Crippen LogP contribution in [0.3, 0.4) is 0 Å². The number of anilines is 2. The lowest BCUT2D eigenvalue weighted by molar-refractivity contribution is 0.0696. The zero-order valence-corrected chi connectivity index (χ0v) is 18.4. The summed E-state index contributed by atoms with van der Waals surface area (Å²) < 4.78 is 1.62. The van der Waals surface area contributed by atoms with Gasteiger partial charge >= 0.3 is 12.0 Å². The number of aromatic carboxylic acids is 1. The van der Waals surface area contributed by atoms with Gasteiger partial charge in [-0.05, 0) is 53.9 Å². The number of aryl methyl sites for hydroxylation is 1. The van der Waals surface area contributed by atoms with Crippen molar-refractivity contribution in [3.05, 3.63) is 88.3 Å². The highest BCUT2D eigenvalue weighted by molar-refractivity contribution is 5.98. The number of amides is 2. The Morgan fingerprint density at radius 2 is 1.82 bits per heavy atom. The van der Waals surface area contributed by atoms with Gasteiger partial charge in [-0.15, -0.1) is 0 Å². The number of aromatic nitrogens is 2. The summed E-state index contributed by atoms with van der Waals surface area (Å²) in [5.74, 6) is -1.41. The van der Waals surface area contributed by atoms with Crippen LogP contribution in [-0.2, 0) is 13.1 Å². The first kappa shape index (κ1) is 22.5. The molecule has 34 heavy (non-hydrogen) atoms. The van der Waals surface area contributed by atoms with Crippen LogP contribution in [0.2, 0.25) is 0 Å². The number of carbonyl (C=O) groups excluding carboxylic acids is 1. The molecular weight excluding hydrogens is 434 g/mol. The van der Waals surface area contributed by atoms with Crippen molar-refractivity contribution in [2.45, 2.75) is 20.0 Å². The highest BCUT2D eigenvalue weighted by atomic mass is 16.4. The van der Waals surface area contributed by atoms with Crippen molar-refractivity contribution in [2.24, 2.45) is 0 Å². The zero-order valence-electron chi connectivity index (χ0n) is 18.4. The van der Waals surface area contributed by atoms with Gasteiger partial charge in [-0.3, -0.25) is 9.78 Å². The number of nitrogen functional groups attached to an aromatic ring is 1. The van der Waals surface area contributed by atoms with Gasteiger partial charge in [0, 0.05) is 36.6 Å². The van der Waals surface area contributed by atoms with Crippen LogP contribution >= 0.6 is 0 Å². The Morgan fingerprint density at radius 3 is 2.47 bits per heavy atom. The number of pyridine rings is 2. The van der Waals surface area contributed by atoms with Crippen molar-refractivity contribution in [2.75, 3.05) is 11.1 Å². The van der Waals surface area contributed by atoms with Gasteiger partial charge in [0.1, 0.15) is 11.4 Å². The Morgan fingerprint density at radius 1 is 1.09 bits per heavy atom. The molecule has 4 rings (SSSR count). The Labute approximate surface area is 194 Å². The van der Waals surface area contributed by atoms with Crippen LogP contribution < -0.4 is 21.8 Å². The van der Waals surface area contributed by atoms with Crippen LogP contribution in [0.4, 0.5) is 16.3 Å². The van der Waals surface area contributed by atoms with Crippen LogP contribution in [0.25, 0.3) is 22.0 Å². The normalized spacial score (nSPS) is 10.7. The number of carboxylic acids is 1. The summed E-state index contributed by atoms with van der Waals surface area (Å²) in [7, 11) is 0. The van der Waals surface area contributed by atoms with Gasteiger partial charge in [0.15, 0.2) is 0 Å². The second kappa shape index (κ2) is 9.45. The maximum absolute atomic E-state index is 12.7. The molecule has 0 radical (unpaired) electrons. The molecule has 0 fully saturated rings. The fraction of sp³-hybridized carbons (Fsp3) is 0.120. The predicted molar refractivity (Wildman–Crippen MR) is 131 cm³/mol. The van der Waals surface area contributed by atoms with Gasteiger partial charge in [-0.25, -0.2) is 9.59 Å². The smallest absolute Gasteiger partial charge is 0.343 e. The summed E-state index contributed by atoms with van der Waals surface area (Å²) >= 11 is 0. The molecule has 2 amide bonds. The molecule has 9 nitrogen and oxygen atoms in total. The number of urea groups is 1. The molecule has 2 aromatic heterocycles.